The second-order valence-electron chi connectivity index (χ2n) is 8.08. The number of methoxy groups -OCH3 is 1. The van der Waals surface area contributed by atoms with E-state index in [4.69, 9.17) is 4.74 Å². The number of hydrogen-bond donors (Lipinski definition) is 1. The number of piperidine rings is 1. The van der Waals surface area contributed by atoms with Crippen LogP contribution in [-0.2, 0) is 16.0 Å². The van der Waals surface area contributed by atoms with Gasteiger partial charge in [0, 0.05) is 23.5 Å². The van der Waals surface area contributed by atoms with Crippen molar-refractivity contribution in [3.05, 3.63) is 82.0 Å². The number of rotatable bonds is 7. The first-order chi connectivity index (χ1) is 15.6. The lowest BCUT2D eigenvalue weighted by Crippen LogP contribution is -2.48. The summed E-state index contributed by atoms with van der Waals surface area (Å²) in [6.07, 6.45) is 1.69. The van der Waals surface area contributed by atoms with E-state index in [1.807, 2.05) is 66.9 Å². The van der Waals surface area contributed by atoms with Gasteiger partial charge in [-0.15, -0.1) is 11.3 Å². The maximum Gasteiger partial charge on any atom is 0.227 e. The molecule has 1 fully saturated rings. The summed E-state index contributed by atoms with van der Waals surface area (Å²) in [6, 6.07) is 19.3. The standard InChI is InChI=1S/C26H28N2O3S/c1-18-5-9-20(10-6-18)28-24(29)14-13-23(25(28)19-7-11-21(31-2)12-8-19)26(30)27-16-15-22-4-3-17-32-22/h3-12,17,23,25H,13-16H2,1-2H3,(H,27,30)/t23-,25-/m0/s1. The summed E-state index contributed by atoms with van der Waals surface area (Å²) in [5, 5.41) is 5.16. The molecule has 4 rings (SSSR count). The van der Waals surface area contributed by atoms with E-state index in [0.29, 0.717) is 19.4 Å². The lowest BCUT2D eigenvalue weighted by Gasteiger charge is -2.41. The zero-order valence-electron chi connectivity index (χ0n) is 18.4. The van der Waals surface area contributed by atoms with Crippen LogP contribution < -0.4 is 15.0 Å². The summed E-state index contributed by atoms with van der Waals surface area (Å²) in [5.74, 6) is 0.449. The number of anilines is 1. The zero-order chi connectivity index (χ0) is 22.5. The number of nitrogens with zero attached hydrogens (tertiary/aromatic N) is 1. The van der Waals surface area contributed by atoms with E-state index in [1.165, 1.54) is 4.88 Å². The Bertz CT molecular complexity index is 1050. The van der Waals surface area contributed by atoms with Crippen LogP contribution in [0.15, 0.2) is 66.0 Å². The van der Waals surface area contributed by atoms with E-state index in [1.54, 1.807) is 23.3 Å². The lowest BCUT2D eigenvalue weighted by molar-refractivity contribution is -0.129. The van der Waals surface area contributed by atoms with Gasteiger partial charge >= 0.3 is 0 Å². The van der Waals surface area contributed by atoms with Gasteiger partial charge in [0.15, 0.2) is 0 Å². The Morgan fingerprint density at radius 1 is 1.12 bits per heavy atom. The average molecular weight is 449 g/mol. The van der Waals surface area contributed by atoms with Gasteiger partial charge in [-0.2, -0.15) is 0 Å². The van der Waals surface area contributed by atoms with Crippen LogP contribution in [0.25, 0.3) is 0 Å². The molecule has 5 nitrogen and oxygen atoms in total. The molecule has 0 aliphatic carbocycles. The van der Waals surface area contributed by atoms with Crippen LogP contribution in [0.5, 0.6) is 5.75 Å². The highest BCUT2D eigenvalue weighted by Gasteiger charge is 2.41. The Morgan fingerprint density at radius 2 is 1.88 bits per heavy atom. The largest absolute Gasteiger partial charge is 0.497 e. The molecule has 1 saturated heterocycles. The molecule has 2 atom stereocenters. The molecule has 0 unspecified atom stereocenters. The summed E-state index contributed by atoms with van der Waals surface area (Å²) >= 11 is 1.69. The highest BCUT2D eigenvalue weighted by molar-refractivity contribution is 7.09. The van der Waals surface area contributed by atoms with Gasteiger partial charge in [-0.05, 0) is 61.0 Å². The van der Waals surface area contributed by atoms with Gasteiger partial charge in [0.05, 0.1) is 19.1 Å². The van der Waals surface area contributed by atoms with Gasteiger partial charge in [-0.25, -0.2) is 0 Å². The second-order valence-corrected chi connectivity index (χ2v) is 9.12. The Labute approximate surface area is 193 Å². The van der Waals surface area contributed by atoms with Crippen LogP contribution in [0.1, 0.15) is 34.9 Å². The van der Waals surface area contributed by atoms with Crippen LogP contribution in [-0.4, -0.2) is 25.5 Å². The molecule has 0 saturated carbocycles. The number of nitrogens with one attached hydrogen (secondary N) is 1. The smallest absolute Gasteiger partial charge is 0.227 e. The maximum atomic E-state index is 13.3. The third-order valence-electron chi connectivity index (χ3n) is 5.95. The number of benzene rings is 2. The van der Waals surface area contributed by atoms with Gasteiger partial charge in [0.2, 0.25) is 11.8 Å². The molecule has 1 aliphatic rings. The number of amides is 2. The molecule has 0 spiro atoms. The van der Waals surface area contributed by atoms with Crippen molar-refractivity contribution in [2.24, 2.45) is 5.92 Å². The van der Waals surface area contributed by atoms with E-state index in [9.17, 15) is 9.59 Å². The predicted molar refractivity (Wildman–Crippen MR) is 128 cm³/mol. The van der Waals surface area contributed by atoms with Crippen molar-refractivity contribution in [3.8, 4) is 5.75 Å². The summed E-state index contributed by atoms with van der Waals surface area (Å²) in [4.78, 5) is 29.4. The van der Waals surface area contributed by atoms with Crippen LogP contribution in [0.4, 0.5) is 5.69 Å². The average Bonchev–Trinajstić information content (AvgIpc) is 3.33. The number of aryl methyl sites for hydroxylation is 1. The molecule has 1 N–H and O–H groups in total. The van der Waals surface area contributed by atoms with E-state index in [-0.39, 0.29) is 23.8 Å². The van der Waals surface area contributed by atoms with E-state index in [2.05, 4.69) is 11.4 Å². The number of carbonyl (C=O) groups is 2. The summed E-state index contributed by atoms with van der Waals surface area (Å²) < 4.78 is 5.31. The Hall–Kier alpha value is -3.12. The second kappa shape index (κ2) is 10.0. The first kappa shape index (κ1) is 22.1. The Balaban J connectivity index is 1.62. The Kier molecular flexibility index (Phi) is 6.90. The normalized spacial score (nSPS) is 18.4. The zero-order valence-corrected chi connectivity index (χ0v) is 19.2. The van der Waals surface area contributed by atoms with Crippen LogP contribution in [0.3, 0.4) is 0 Å². The van der Waals surface area contributed by atoms with Crippen molar-refractivity contribution in [2.45, 2.75) is 32.2 Å². The van der Waals surface area contributed by atoms with Gasteiger partial charge in [0.25, 0.3) is 0 Å². The molecule has 6 heteroatoms. The highest BCUT2D eigenvalue weighted by atomic mass is 32.1. The van der Waals surface area contributed by atoms with Crippen molar-refractivity contribution in [1.29, 1.82) is 0 Å². The number of thiophene rings is 1. The monoisotopic (exact) mass is 448 g/mol. The van der Waals surface area contributed by atoms with Crippen molar-refractivity contribution < 1.29 is 14.3 Å². The third kappa shape index (κ3) is 4.86. The van der Waals surface area contributed by atoms with Crippen LogP contribution in [0, 0.1) is 12.8 Å². The first-order valence-electron chi connectivity index (χ1n) is 10.9. The van der Waals surface area contributed by atoms with Crippen LogP contribution in [0.2, 0.25) is 0 Å². The van der Waals surface area contributed by atoms with Crippen molar-refractivity contribution in [1.82, 2.24) is 5.32 Å². The van der Waals surface area contributed by atoms with Gasteiger partial charge in [-0.1, -0.05) is 35.9 Å². The summed E-state index contributed by atoms with van der Waals surface area (Å²) in [5.41, 5.74) is 2.87. The van der Waals surface area contributed by atoms with E-state index in [0.717, 1.165) is 29.0 Å². The third-order valence-corrected chi connectivity index (χ3v) is 6.89. The van der Waals surface area contributed by atoms with Gasteiger partial charge in [0.1, 0.15) is 5.75 Å². The fourth-order valence-electron chi connectivity index (χ4n) is 4.25. The molecular formula is C26H28N2O3S. The molecule has 2 aromatic carbocycles. The van der Waals surface area contributed by atoms with Crippen molar-refractivity contribution in [2.75, 3.05) is 18.6 Å². The van der Waals surface area contributed by atoms with Gasteiger partial charge < -0.3 is 15.0 Å². The molecule has 32 heavy (non-hydrogen) atoms. The first-order valence-corrected chi connectivity index (χ1v) is 11.8. The SMILES string of the molecule is COc1ccc([C@H]2[C@@H](C(=O)NCCc3cccs3)CCC(=O)N2c2ccc(C)cc2)cc1. The molecule has 3 aromatic rings. The van der Waals surface area contributed by atoms with Crippen molar-refractivity contribution >= 4 is 28.8 Å². The summed E-state index contributed by atoms with van der Waals surface area (Å²) in [6.45, 7) is 2.61. The minimum absolute atomic E-state index is 0.00742. The summed E-state index contributed by atoms with van der Waals surface area (Å²) in [7, 11) is 1.63. The number of ether oxygens (including phenoxy) is 1. The number of carbonyl (C=O) groups excluding carboxylic acids is 2. The molecular weight excluding hydrogens is 420 g/mol. The molecule has 166 valence electrons. The molecule has 1 aromatic heterocycles. The highest BCUT2D eigenvalue weighted by Crippen LogP contribution is 2.40. The molecule has 2 heterocycles. The van der Waals surface area contributed by atoms with Crippen LogP contribution >= 0.6 is 11.3 Å². The minimum Gasteiger partial charge on any atom is -0.497 e. The molecule has 2 amide bonds. The topological polar surface area (TPSA) is 58.6 Å². The fourth-order valence-corrected chi connectivity index (χ4v) is 4.96. The molecule has 0 bridgehead atoms. The minimum atomic E-state index is -0.369. The quantitative estimate of drug-likeness (QED) is 0.559. The lowest BCUT2D eigenvalue weighted by atomic mass is 9.83. The predicted octanol–water partition coefficient (Wildman–Crippen LogP) is 4.91. The van der Waals surface area contributed by atoms with Crippen molar-refractivity contribution in [3.63, 3.8) is 0 Å². The van der Waals surface area contributed by atoms with Gasteiger partial charge in [-0.3, -0.25) is 9.59 Å². The Morgan fingerprint density at radius 3 is 2.53 bits per heavy atom. The maximum absolute atomic E-state index is 13.3. The molecule has 0 radical (unpaired) electrons. The van der Waals surface area contributed by atoms with E-state index < -0.39 is 0 Å². The van der Waals surface area contributed by atoms with E-state index >= 15 is 0 Å². The fraction of sp³-hybridized carbons (Fsp3) is 0.308. The number of hydrogen-bond acceptors (Lipinski definition) is 4. The molecule has 1 aliphatic heterocycles.